The Labute approximate surface area is 200 Å². The topological polar surface area (TPSA) is 60.4 Å². The number of rotatable bonds is 4. The van der Waals surface area contributed by atoms with Gasteiger partial charge in [-0.1, -0.05) is 46.3 Å². The van der Waals surface area contributed by atoms with Gasteiger partial charge in [0, 0.05) is 18.3 Å². The van der Waals surface area contributed by atoms with Crippen molar-refractivity contribution in [2.75, 3.05) is 7.11 Å². The van der Waals surface area contributed by atoms with Gasteiger partial charge in [-0.05, 0) is 86.4 Å². The van der Waals surface area contributed by atoms with Gasteiger partial charge in [-0.25, -0.2) is 0 Å². The van der Waals surface area contributed by atoms with Crippen LogP contribution in [-0.2, 0) is 19.1 Å². The molecule has 184 valence electrons. The monoisotopic (exact) mass is 456 g/mol. The van der Waals surface area contributed by atoms with E-state index in [0.717, 1.165) is 44.9 Å². The van der Waals surface area contributed by atoms with Crippen molar-refractivity contribution >= 4 is 17.5 Å². The average molecular weight is 457 g/mol. The molecule has 0 unspecified atom stereocenters. The van der Waals surface area contributed by atoms with Gasteiger partial charge in [-0.3, -0.25) is 9.59 Å². The van der Waals surface area contributed by atoms with Crippen LogP contribution >= 0.6 is 0 Å². The summed E-state index contributed by atoms with van der Waals surface area (Å²) in [7, 11) is 1.54. The number of methoxy groups -OCH3 is 1. The van der Waals surface area contributed by atoms with E-state index in [4.69, 9.17) is 4.74 Å². The summed E-state index contributed by atoms with van der Waals surface area (Å²) in [5.41, 5.74) is 0.768. The Hall–Kier alpha value is -1.45. The number of carbonyl (C=O) groups excluding carboxylic acids is 3. The van der Waals surface area contributed by atoms with Gasteiger partial charge in [0.15, 0.2) is 0 Å². The molecule has 0 aromatic heterocycles. The fourth-order valence-corrected chi connectivity index (χ4v) is 8.73. The molecule has 0 spiro atoms. The number of ether oxygens (including phenoxy) is 1. The Kier molecular flexibility index (Phi) is 5.82. The lowest BCUT2D eigenvalue weighted by molar-refractivity contribution is -0.174. The smallest absolute Gasteiger partial charge is 0.312 e. The molecule has 3 fully saturated rings. The van der Waals surface area contributed by atoms with E-state index in [1.807, 2.05) is 0 Å². The average Bonchev–Trinajstić information content (AvgIpc) is 2.75. The minimum Gasteiger partial charge on any atom is -0.469 e. The summed E-state index contributed by atoms with van der Waals surface area (Å²) in [5, 5.41) is 0. The van der Waals surface area contributed by atoms with Gasteiger partial charge < -0.3 is 9.53 Å². The summed E-state index contributed by atoms with van der Waals surface area (Å²) in [6.07, 6.45) is 10.8. The second kappa shape index (κ2) is 7.78. The summed E-state index contributed by atoms with van der Waals surface area (Å²) in [6.45, 7) is 13.3. The standard InChI is InChI=1S/C29H44O4/c1-19(30)10-12-26(4)22-9-8-20-21-18-25(2,3)14-16-29(21,24(32)33-7)17-15-27(20,5)28(22,6)13-11-23(26)31/h8,21-22H,9-18H2,1-7H3/t21-,22+,26+,27+,28+,29-/m0/s1. The van der Waals surface area contributed by atoms with E-state index in [2.05, 4.69) is 40.7 Å². The summed E-state index contributed by atoms with van der Waals surface area (Å²) in [5.74, 6) is 0.931. The zero-order valence-corrected chi connectivity index (χ0v) is 21.9. The number of allylic oxidation sites excluding steroid dienone is 2. The molecule has 4 aliphatic carbocycles. The van der Waals surface area contributed by atoms with Crippen molar-refractivity contribution in [3.8, 4) is 0 Å². The molecule has 3 saturated carbocycles. The molecule has 0 radical (unpaired) electrons. The Bertz CT molecular complexity index is 899. The Morgan fingerprint density at radius 1 is 1.03 bits per heavy atom. The molecule has 33 heavy (non-hydrogen) atoms. The first-order valence-electron chi connectivity index (χ1n) is 13.1. The maximum Gasteiger partial charge on any atom is 0.312 e. The van der Waals surface area contributed by atoms with Crippen LogP contribution in [0.1, 0.15) is 106 Å². The predicted molar refractivity (Wildman–Crippen MR) is 129 cm³/mol. The van der Waals surface area contributed by atoms with Crippen LogP contribution in [0.15, 0.2) is 11.6 Å². The molecular formula is C29H44O4. The summed E-state index contributed by atoms with van der Waals surface area (Å²) >= 11 is 0. The maximum absolute atomic E-state index is 13.3. The van der Waals surface area contributed by atoms with Crippen LogP contribution in [0.3, 0.4) is 0 Å². The quantitative estimate of drug-likeness (QED) is 0.360. The first-order chi connectivity index (χ1) is 15.3. The molecule has 0 bridgehead atoms. The highest BCUT2D eigenvalue weighted by Crippen LogP contribution is 2.72. The lowest BCUT2D eigenvalue weighted by Gasteiger charge is -2.67. The van der Waals surface area contributed by atoms with Gasteiger partial charge in [-0.2, -0.15) is 0 Å². The number of fused-ring (bicyclic) bond motifs is 5. The van der Waals surface area contributed by atoms with E-state index in [0.29, 0.717) is 25.0 Å². The van der Waals surface area contributed by atoms with Gasteiger partial charge in [0.1, 0.15) is 11.6 Å². The number of hydrogen-bond acceptors (Lipinski definition) is 4. The highest BCUT2D eigenvalue weighted by Gasteiger charge is 2.67. The van der Waals surface area contributed by atoms with Crippen molar-refractivity contribution in [1.29, 1.82) is 0 Å². The van der Waals surface area contributed by atoms with Gasteiger partial charge >= 0.3 is 5.97 Å². The molecule has 6 atom stereocenters. The third-order valence-electron chi connectivity index (χ3n) is 11.2. The summed E-state index contributed by atoms with van der Waals surface area (Å²) in [6, 6.07) is 0. The van der Waals surface area contributed by atoms with Crippen molar-refractivity contribution in [2.45, 2.75) is 106 Å². The van der Waals surface area contributed by atoms with Crippen molar-refractivity contribution in [1.82, 2.24) is 0 Å². The van der Waals surface area contributed by atoms with Crippen LogP contribution in [-0.4, -0.2) is 24.6 Å². The maximum atomic E-state index is 13.3. The van der Waals surface area contributed by atoms with Crippen molar-refractivity contribution in [2.24, 2.45) is 38.9 Å². The molecule has 0 amide bonds. The molecule has 4 aliphatic rings. The number of ketones is 2. The lowest BCUT2D eigenvalue weighted by Crippen LogP contribution is -2.62. The fourth-order valence-electron chi connectivity index (χ4n) is 8.73. The Balaban J connectivity index is 1.80. The first-order valence-corrected chi connectivity index (χ1v) is 13.1. The Morgan fingerprint density at radius 3 is 2.33 bits per heavy atom. The normalized spacial score (nSPS) is 44.1. The van der Waals surface area contributed by atoms with Gasteiger partial charge in [0.2, 0.25) is 0 Å². The van der Waals surface area contributed by atoms with E-state index < -0.39 is 10.8 Å². The molecule has 0 aliphatic heterocycles. The Morgan fingerprint density at radius 2 is 1.70 bits per heavy atom. The van der Waals surface area contributed by atoms with Crippen molar-refractivity contribution < 1.29 is 19.1 Å². The van der Waals surface area contributed by atoms with E-state index in [1.165, 1.54) is 5.57 Å². The number of carbonyl (C=O) groups is 3. The lowest BCUT2D eigenvalue weighted by atomic mass is 9.36. The molecule has 0 heterocycles. The zero-order chi connectivity index (χ0) is 24.4. The minimum atomic E-state index is -0.452. The van der Waals surface area contributed by atoms with Gasteiger partial charge in [0.25, 0.3) is 0 Å². The highest BCUT2D eigenvalue weighted by molar-refractivity contribution is 5.87. The third-order valence-corrected chi connectivity index (χ3v) is 11.2. The highest BCUT2D eigenvalue weighted by atomic mass is 16.5. The second-order valence-electron chi connectivity index (χ2n) is 13.3. The van der Waals surface area contributed by atoms with Crippen LogP contribution in [0.5, 0.6) is 0 Å². The van der Waals surface area contributed by atoms with Crippen LogP contribution in [0, 0.1) is 38.9 Å². The zero-order valence-electron chi connectivity index (χ0n) is 21.9. The van der Waals surface area contributed by atoms with Crippen LogP contribution < -0.4 is 0 Å². The van der Waals surface area contributed by atoms with E-state index in [9.17, 15) is 14.4 Å². The SMILES string of the molecule is COC(=O)[C@]12CCC(C)(C)C[C@H]1C1=CC[C@@H]3[C@@](C)(CCC(C)=O)C(=O)CC[C@@]3(C)[C@]1(C)CC2. The van der Waals surface area contributed by atoms with E-state index in [1.54, 1.807) is 14.0 Å². The molecule has 4 rings (SSSR count). The molecule has 4 nitrogen and oxygen atoms in total. The number of esters is 1. The van der Waals surface area contributed by atoms with Crippen molar-refractivity contribution in [3.05, 3.63) is 11.6 Å². The van der Waals surface area contributed by atoms with Crippen LogP contribution in [0.25, 0.3) is 0 Å². The van der Waals surface area contributed by atoms with E-state index >= 15 is 0 Å². The first kappa shape index (κ1) is 24.7. The number of hydrogen-bond donors (Lipinski definition) is 0. The predicted octanol–water partition coefficient (Wildman–Crippen LogP) is 6.46. The molecule has 0 saturated heterocycles. The summed E-state index contributed by atoms with van der Waals surface area (Å²) in [4.78, 5) is 38.4. The largest absolute Gasteiger partial charge is 0.469 e. The molecule has 0 aromatic rings. The second-order valence-corrected chi connectivity index (χ2v) is 13.3. The van der Waals surface area contributed by atoms with Gasteiger partial charge in [-0.15, -0.1) is 0 Å². The van der Waals surface area contributed by atoms with Crippen LogP contribution in [0.2, 0.25) is 0 Å². The number of Topliss-reactive ketones (excluding diaryl/α,β-unsaturated/α-hetero) is 2. The molecule has 0 N–H and O–H groups in total. The van der Waals surface area contributed by atoms with Crippen molar-refractivity contribution in [3.63, 3.8) is 0 Å². The van der Waals surface area contributed by atoms with Crippen LogP contribution in [0.4, 0.5) is 0 Å². The molecule has 4 heteroatoms. The fraction of sp³-hybridized carbons (Fsp3) is 0.828. The van der Waals surface area contributed by atoms with E-state index in [-0.39, 0.29) is 39.8 Å². The minimum absolute atomic E-state index is 0.0135. The van der Waals surface area contributed by atoms with Gasteiger partial charge in [0.05, 0.1) is 12.5 Å². The summed E-state index contributed by atoms with van der Waals surface area (Å²) < 4.78 is 5.42. The molecular weight excluding hydrogens is 412 g/mol. The molecule has 0 aromatic carbocycles. The third kappa shape index (κ3) is 3.40.